The van der Waals surface area contributed by atoms with E-state index >= 15 is 0 Å². The standard InChI is InChI=1S/C16H38N2O9Si2/c1-22-28(23-2,24-3)11-7-9-18(16(21)17-15(13-19)14-20)10-8-12-29(25-4,26-5)27-6/h15,19-20H,7-14H2,1-6H3,(H,17,21). The topological polar surface area (TPSA) is 128 Å². The molecule has 0 saturated carbocycles. The molecule has 29 heavy (non-hydrogen) atoms. The lowest BCUT2D eigenvalue weighted by Gasteiger charge is -2.29. The van der Waals surface area contributed by atoms with Gasteiger partial charge in [-0.3, -0.25) is 0 Å². The van der Waals surface area contributed by atoms with Crippen LogP contribution in [0.5, 0.6) is 0 Å². The molecular weight excluding hydrogens is 420 g/mol. The lowest BCUT2D eigenvalue weighted by Crippen LogP contribution is -2.49. The molecule has 0 unspecified atom stereocenters. The van der Waals surface area contributed by atoms with Crippen LogP contribution in [0.1, 0.15) is 12.8 Å². The lowest BCUT2D eigenvalue weighted by molar-refractivity contribution is 0.119. The Morgan fingerprint density at radius 2 is 1.14 bits per heavy atom. The zero-order valence-electron chi connectivity index (χ0n) is 18.4. The molecule has 0 aliphatic carbocycles. The highest BCUT2D eigenvalue weighted by atomic mass is 28.4. The number of amides is 2. The van der Waals surface area contributed by atoms with Crippen LogP contribution in [-0.4, -0.2) is 114 Å². The molecule has 0 fully saturated rings. The second-order valence-corrected chi connectivity index (χ2v) is 12.5. The van der Waals surface area contributed by atoms with E-state index in [1.807, 2.05) is 0 Å². The van der Waals surface area contributed by atoms with Crippen LogP contribution >= 0.6 is 0 Å². The molecule has 0 aliphatic rings. The van der Waals surface area contributed by atoms with Crippen molar-refractivity contribution in [2.75, 3.05) is 69.0 Å². The third kappa shape index (κ3) is 9.37. The molecule has 0 aliphatic heterocycles. The van der Waals surface area contributed by atoms with Gasteiger partial charge in [-0.05, 0) is 12.8 Å². The van der Waals surface area contributed by atoms with Crippen molar-refractivity contribution in [3.05, 3.63) is 0 Å². The highest BCUT2D eigenvalue weighted by molar-refractivity contribution is 6.60. The minimum Gasteiger partial charge on any atom is -0.394 e. The largest absolute Gasteiger partial charge is 0.500 e. The quantitative estimate of drug-likeness (QED) is 0.256. The Balaban J connectivity index is 4.99. The number of carbonyl (C=O) groups excluding carboxylic acids is 1. The van der Waals surface area contributed by atoms with Crippen molar-refractivity contribution >= 4 is 23.6 Å². The third-order valence-corrected chi connectivity index (χ3v) is 10.4. The van der Waals surface area contributed by atoms with Gasteiger partial charge in [-0.2, -0.15) is 0 Å². The van der Waals surface area contributed by atoms with Crippen molar-refractivity contribution < 1.29 is 41.6 Å². The summed E-state index contributed by atoms with van der Waals surface area (Å²) in [5, 5.41) is 21.1. The van der Waals surface area contributed by atoms with Crippen molar-refractivity contribution in [1.82, 2.24) is 10.2 Å². The van der Waals surface area contributed by atoms with Crippen LogP contribution in [0.25, 0.3) is 0 Å². The monoisotopic (exact) mass is 458 g/mol. The summed E-state index contributed by atoms with van der Waals surface area (Å²) in [4.78, 5) is 14.2. The Hall–Kier alpha value is -0.616. The maximum atomic E-state index is 12.6. The fraction of sp³-hybridized carbons (Fsp3) is 0.938. The van der Waals surface area contributed by atoms with E-state index in [9.17, 15) is 15.0 Å². The van der Waals surface area contributed by atoms with Gasteiger partial charge < -0.3 is 47.0 Å². The van der Waals surface area contributed by atoms with Crippen LogP contribution in [-0.2, 0) is 26.6 Å². The average Bonchev–Trinajstić information content (AvgIpc) is 2.77. The highest BCUT2D eigenvalue weighted by Gasteiger charge is 2.38. The van der Waals surface area contributed by atoms with Gasteiger partial charge in [0, 0.05) is 67.8 Å². The number of carbonyl (C=O) groups is 1. The van der Waals surface area contributed by atoms with E-state index < -0.39 is 23.7 Å². The van der Waals surface area contributed by atoms with Crippen LogP contribution in [0.3, 0.4) is 0 Å². The molecule has 0 aromatic rings. The molecule has 3 N–H and O–H groups in total. The van der Waals surface area contributed by atoms with Gasteiger partial charge in [-0.1, -0.05) is 0 Å². The van der Waals surface area contributed by atoms with Gasteiger partial charge in [0.25, 0.3) is 0 Å². The zero-order chi connectivity index (χ0) is 22.3. The molecule has 0 spiro atoms. The van der Waals surface area contributed by atoms with Crippen molar-refractivity contribution in [2.24, 2.45) is 0 Å². The molecule has 0 atom stereocenters. The summed E-state index contributed by atoms with van der Waals surface area (Å²) in [7, 11) is 3.79. The normalized spacial score (nSPS) is 12.4. The fourth-order valence-corrected chi connectivity index (χ4v) is 6.22. The van der Waals surface area contributed by atoms with Crippen LogP contribution in [0, 0.1) is 0 Å². The van der Waals surface area contributed by atoms with Crippen molar-refractivity contribution in [3.63, 3.8) is 0 Å². The molecule has 0 bridgehead atoms. The van der Waals surface area contributed by atoms with Gasteiger partial charge in [0.15, 0.2) is 0 Å². The maximum absolute atomic E-state index is 12.6. The smallest absolute Gasteiger partial charge is 0.394 e. The SMILES string of the molecule is CO[Si](CCCN(CCC[Si](OC)(OC)OC)C(=O)NC(CO)CO)(OC)OC. The van der Waals surface area contributed by atoms with E-state index in [1.54, 1.807) is 47.6 Å². The Morgan fingerprint density at radius 3 is 1.41 bits per heavy atom. The Labute approximate surface area is 175 Å². The number of hydrogen-bond acceptors (Lipinski definition) is 9. The molecular formula is C16H38N2O9Si2. The van der Waals surface area contributed by atoms with Crippen LogP contribution in [0.4, 0.5) is 4.79 Å². The number of rotatable bonds is 17. The van der Waals surface area contributed by atoms with E-state index in [1.165, 1.54) is 0 Å². The van der Waals surface area contributed by atoms with Gasteiger partial charge in [-0.15, -0.1) is 0 Å². The van der Waals surface area contributed by atoms with Crippen LogP contribution in [0.2, 0.25) is 12.1 Å². The molecule has 0 rings (SSSR count). The summed E-state index contributed by atoms with van der Waals surface area (Å²) < 4.78 is 32.5. The summed E-state index contributed by atoms with van der Waals surface area (Å²) in [6.07, 6.45) is 1.19. The Bertz CT molecular complexity index is 394. The molecule has 0 aromatic heterocycles. The van der Waals surface area contributed by atoms with Crippen LogP contribution < -0.4 is 5.32 Å². The highest BCUT2D eigenvalue weighted by Crippen LogP contribution is 2.18. The van der Waals surface area contributed by atoms with Gasteiger partial charge in [-0.25, -0.2) is 4.79 Å². The molecule has 2 amide bonds. The van der Waals surface area contributed by atoms with E-state index in [-0.39, 0.29) is 19.2 Å². The van der Waals surface area contributed by atoms with E-state index in [2.05, 4.69) is 5.32 Å². The van der Waals surface area contributed by atoms with Gasteiger partial charge in [0.05, 0.1) is 19.3 Å². The number of nitrogens with zero attached hydrogens (tertiary/aromatic N) is 1. The third-order valence-electron chi connectivity index (χ3n) is 4.74. The Morgan fingerprint density at radius 1 is 0.793 bits per heavy atom. The van der Waals surface area contributed by atoms with E-state index in [0.717, 1.165) is 0 Å². The second-order valence-electron chi connectivity index (χ2n) is 6.30. The number of aliphatic hydroxyl groups excluding tert-OH is 2. The van der Waals surface area contributed by atoms with Crippen molar-refractivity contribution in [1.29, 1.82) is 0 Å². The molecule has 0 heterocycles. The maximum Gasteiger partial charge on any atom is 0.500 e. The minimum absolute atomic E-state index is 0.351. The number of hydrogen-bond donors (Lipinski definition) is 3. The minimum atomic E-state index is -2.73. The molecule has 0 aromatic carbocycles. The number of nitrogens with one attached hydrogen (secondary N) is 1. The van der Waals surface area contributed by atoms with Gasteiger partial charge >= 0.3 is 23.6 Å². The van der Waals surface area contributed by atoms with Gasteiger partial charge in [0.2, 0.25) is 0 Å². The molecule has 13 heteroatoms. The predicted molar refractivity (Wildman–Crippen MR) is 110 cm³/mol. The van der Waals surface area contributed by atoms with E-state index in [4.69, 9.17) is 26.6 Å². The molecule has 0 radical (unpaired) electrons. The van der Waals surface area contributed by atoms with Gasteiger partial charge in [0.1, 0.15) is 0 Å². The van der Waals surface area contributed by atoms with Crippen molar-refractivity contribution in [2.45, 2.75) is 31.0 Å². The predicted octanol–water partition coefficient (Wildman–Crippen LogP) is -0.112. The first-order chi connectivity index (χ1) is 13.8. The summed E-state index contributed by atoms with van der Waals surface area (Å²) in [5.41, 5.74) is 0. The first-order valence-electron chi connectivity index (χ1n) is 9.43. The summed E-state index contributed by atoms with van der Waals surface area (Å²) >= 11 is 0. The zero-order valence-corrected chi connectivity index (χ0v) is 20.4. The average molecular weight is 459 g/mol. The second kappa shape index (κ2) is 15.2. The molecule has 174 valence electrons. The first kappa shape index (κ1) is 28.4. The first-order valence-corrected chi connectivity index (χ1v) is 13.3. The molecule has 0 saturated heterocycles. The van der Waals surface area contributed by atoms with Crippen LogP contribution in [0.15, 0.2) is 0 Å². The number of aliphatic hydroxyl groups is 2. The van der Waals surface area contributed by atoms with E-state index in [0.29, 0.717) is 38.0 Å². The Kier molecular flexibility index (Phi) is 14.9. The summed E-state index contributed by atoms with van der Waals surface area (Å²) in [6, 6.07) is -0.0225. The molecule has 11 nitrogen and oxygen atoms in total. The fourth-order valence-electron chi connectivity index (χ4n) is 2.82. The number of urea groups is 1. The summed E-state index contributed by atoms with van der Waals surface area (Å²) in [6.45, 7) is 0.135. The summed E-state index contributed by atoms with van der Waals surface area (Å²) in [5.74, 6) is 0. The lowest BCUT2D eigenvalue weighted by atomic mass is 10.3. The van der Waals surface area contributed by atoms with Crippen molar-refractivity contribution in [3.8, 4) is 0 Å².